The lowest BCUT2D eigenvalue weighted by Crippen LogP contribution is -2.29. The second-order valence-corrected chi connectivity index (χ2v) is 9.16. The number of aromatic nitrogens is 1. The number of pyridine rings is 1. The van der Waals surface area contributed by atoms with Gasteiger partial charge in [0.25, 0.3) is 11.8 Å². The minimum atomic E-state index is -0.380. The highest BCUT2D eigenvalue weighted by molar-refractivity contribution is 6.08. The number of unbranched alkanes of at least 4 members (excludes halogenated alkanes) is 3. The van der Waals surface area contributed by atoms with Gasteiger partial charge >= 0.3 is 0 Å². The molecular weight excluding hydrogens is 494 g/mol. The molecule has 2 amide bonds. The number of ether oxygens (including phenoxy) is 1. The number of anilines is 3. The molecule has 0 aliphatic heterocycles. The first kappa shape index (κ1) is 29.1. The quantitative estimate of drug-likeness (QED) is 0.120. The minimum absolute atomic E-state index is 0.157. The van der Waals surface area contributed by atoms with Crippen LogP contribution in [0.4, 0.5) is 17.2 Å². The molecule has 0 saturated heterocycles. The molecule has 2 aromatic carbocycles. The zero-order valence-electron chi connectivity index (χ0n) is 22.5. The smallest absolute Gasteiger partial charge is 0.259 e. The fraction of sp³-hybridized carbons (Fsp3) is 0.310. The number of hydrogen-bond donors (Lipinski definition) is 5. The number of benzene rings is 2. The topological polar surface area (TPSA) is 145 Å². The summed E-state index contributed by atoms with van der Waals surface area (Å²) in [6.45, 7) is 1.11. The summed E-state index contributed by atoms with van der Waals surface area (Å²) in [6, 6.07) is 17.6. The van der Waals surface area contributed by atoms with Crippen LogP contribution in [0.1, 0.15) is 41.6 Å². The molecular formula is C29H37N7O3. The molecule has 3 rings (SSSR count). The fourth-order valence-corrected chi connectivity index (χ4v) is 3.71. The molecule has 0 aliphatic carbocycles. The first-order chi connectivity index (χ1) is 18.9. The van der Waals surface area contributed by atoms with Crippen LogP contribution in [0.15, 0.2) is 66.9 Å². The molecule has 0 saturated carbocycles. The molecule has 3 aromatic rings. The Morgan fingerprint density at radius 1 is 1.00 bits per heavy atom. The van der Waals surface area contributed by atoms with Gasteiger partial charge in [-0.3, -0.25) is 15.0 Å². The zero-order valence-corrected chi connectivity index (χ0v) is 22.5. The molecule has 0 fully saturated rings. The van der Waals surface area contributed by atoms with Crippen molar-refractivity contribution in [3.8, 4) is 5.75 Å². The second-order valence-electron chi connectivity index (χ2n) is 9.16. The molecule has 0 bridgehead atoms. The summed E-state index contributed by atoms with van der Waals surface area (Å²) in [6.07, 6.45) is 5.54. The second kappa shape index (κ2) is 15.1. The molecule has 10 heteroatoms. The number of hydrogen-bond acceptors (Lipinski definition) is 7. The molecule has 0 radical (unpaired) electrons. The van der Waals surface area contributed by atoms with Gasteiger partial charge < -0.3 is 31.3 Å². The van der Waals surface area contributed by atoms with E-state index in [0.29, 0.717) is 41.7 Å². The van der Waals surface area contributed by atoms with Crippen molar-refractivity contribution in [2.24, 2.45) is 5.73 Å². The van der Waals surface area contributed by atoms with Crippen LogP contribution in [0.5, 0.6) is 5.75 Å². The number of carbonyl (C=O) groups excluding carboxylic acids is 2. The highest BCUT2D eigenvalue weighted by Gasteiger charge is 2.15. The normalized spacial score (nSPS) is 10.4. The first-order valence-electron chi connectivity index (χ1n) is 13.0. The van der Waals surface area contributed by atoms with E-state index in [0.717, 1.165) is 36.9 Å². The van der Waals surface area contributed by atoms with Crippen molar-refractivity contribution < 1.29 is 14.3 Å². The lowest BCUT2D eigenvalue weighted by atomic mass is 10.1. The lowest BCUT2D eigenvalue weighted by Gasteiger charge is -2.16. The van der Waals surface area contributed by atoms with Gasteiger partial charge in [0.1, 0.15) is 17.4 Å². The molecule has 10 nitrogen and oxygen atoms in total. The Morgan fingerprint density at radius 3 is 2.46 bits per heavy atom. The molecule has 0 spiro atoms. The largest absolute Gasteiger partial charge is 0.484 e. The third kappa shape index (κ3) is 9.42. The van der Waals surface area contributed by atoms with Crippen LogP contribution in [-0.2, 0) is 4.79 Å². The Labute approximate surface area is 229 Å². The summed E-state index contributed by atoms with van der Waals surface area (Å²) in [7, 11) is 3.64. The maximum absolute atomic E-state index is 13.2. The maximum atomic E-state index is 13.2. The highest BCUT2D eigenvalue weighted by Crippen LogP contribution is 2.27. The number of amides is 2. The summed E-state index contributed by atoms with van der Waals surface area (Å²) in [5.41, 5.74) is 7.89. The number of nitrogens with two attached hydrogens (primary N) is 1. The third-order valence-corrected chi connectivity index (χ3v) is 5.85. The van der Waals surface area contributed by atoms with E-state index in [2.05, 4.69) is 20.9 Å². The molecule has 0 atom stereocenters. The van der Waals surface area contributed by atoms with Crippen LogP contribution in [0.3, 0.4) is 0 Å². The summed E-state index contributed by atoms with van der Waals surface area (Å²) in [5, 5.41) is 17.1. The Hall–Kier alpha value is -4.44. The Balaban J connectivity index is 1.70. The molecule has 1 heterocycles. The monoisotopic (exact) mass is 531 g/mol. The van der Waals surface area contributed by atoms with Crippen LogP contribution in [0.25, 0.3) is 0 Å². The summed E-state index contributed by atoms with van der Waals surface area (Å²) >= 11 is 0. The fourth-order valence-electron chi connectivity index (χ4n) is 3.71. The van der Waals surface area contributed by atoms with E-state index in [1.54, 1.807) is 47.5 Å². The van der Waals surface area contributed by atoms with E-state index in [4.69, 9.17) is 15.9 Å². The zero-order chi connectivity index (χ0) is 28.0. The van der Waals surface area contributed by atoms with Gasteiger partial charge in [-0.1, -0.05) is 18.9 Å². The van der Waals surface area contributed by atoms with Gasteiger partial charge in [0.2, 0.25) is 0 Å². The van der Waals surface area contributed by atoms with Crippen molar-refractivity contribution in [3.63, 3.8) is 0 Å². The van der Waals surface area contributed by atoms with Gasteiger partial charge in [-0.2, -0.15) is 0 Å². The molecule has 6 N–H and O–H groups in total. The van der Waals surface area contributed by atoms with Crippen LogP contribution in [0, 0.1) is 5.41 Å². The van der Waals surface area contributed by atoms with Crippen LogP contribution in [0.2, 0.25) is 0 Å². The summed E-state index contributed by atoms with van der Waals surface area (Å²) in [5.74, 6) is 0.597. The number of carbonyl (C=O) groups is 2. The van der Waals surface area contributed by atoms with E-state index < -0.39 is 0 Å². The number of amidine groups is 1. The van der Waals surface area contributed by atoms with Crippen molar-refractivity contribution in [2.75, 3.05) is 44.4 Å². The molecule has 0 unspecified atom stereocenters. The van der Waals surface area contributed by atoms with Crippen LogP contribution >= 0.6 is 0 Å². The van der Waals surface area contributed by atoms with E-state index in [1.807, 2.05) is 38.4 Å². The minimum Gasteiger partial charge on any atom is -0.484 e. The van der Waals surface area contributed by atoms with Crippen molar-refractivity contribution >= 4 is 34.8 Å². The highest BCUT2D eigenvalue weighted by atomic mass is 16.5. The summed E-state index contributed by atoms with van der Waals surface area (Å²) < 4.78 is 5.69. The van der Waals surface area contributed by atoms with Gasteiger partial charge in [-0.05, 0) is 74.0 Å². The van der Waals surface area contributed by atoms with E-state index in [9.17, 15) is 9.59 Å². The predicted octanol–water partition coefficient (Wildman–Crippen LogP) is 3.98. The van der Waals surface area contributed by atoms with E-state index >= 15 is 0 Å². The van der Waals surface area contributed by atoms with E-state index in [-0.39, 0.29) is 18.4 Å². The lowest BCUT2D eigenvalue weighted by molar-refractivity contribution is -0.123. The van der Waals surface area contributed by atoms with Gasteiger partial charge in [0.15, 0.2) is 6.61 Å². The Kier molecular flexibility index (Phi) is 11.3. The molecule has 206 valence electrons. The van der Waals surface area contributed by atoms with Gasteiger partial charge in [-0.25, -0.2) is 4.98 Å². The average Bonchev–Trinajstić information content (AvgIpc) is 2.94. The number of rotatable bonds is 14. The Bertz CT molecular complexity index is 1230. The molecule has 0 aliphatic rings. The average molecular weight is 532 g/mol. The van der Waals surface area contributed by atoms with Gasteiger partial charge in [-0.15, -0.1) is 0 Å². The van der Waals surface area contributed by atoms with Crippen molar-refractivity contribution in [3.05, 3.63) is 78.0 Å². The number of nitrogens with zero attached hydrogens (tertiary/aromatic N) is 2. The third-order valence-electron chi connectivity index (χ3n) is 5.85. The van der Waals surface area contributed by atoms with Crippen LogP contribution in [-0.4, -0.2) is 61.3 Å². The molecule has 1 aromatic heterocycles. The van der Waals surface area contributed by atoms with Crippen molar-refractivity contribution in [2.45, 2.75) is 25.7 Å². The predicted molar refractivity (Wildman–Crippen MR) is 155 cm³/mol. The maximum Gasteiger partial charge on any atom is 0.259 e. The van der Waals surface area contributed by atoms with Crippen LogP contribution < -0.4 is 26.4 Å². The summed E-state index contributed by atoms with van der Waals surface area (Å²) in [4.78, 5) is 31.3. The number of nitrogens with one attached hydrogen (secondary N) is 4. The van der Waals surface area contributed by atoms with Crippen molar-refractivity contribution in [1.29, 1.82) is 5.41 Å². The molecule has 39 heavy (non-hydrogen) atoms. The first-order valence-corrected chi connectivity index (χ1v) is 13.0. The Morgan fingerprint density at radius 2 is 1.77 bits per heavy atom. The van der Waals surface area contributed by atoms with Crippen molar-refractivity contribution in [1.82, 2.24) is 15.2 Å². The van der Waals surface area contributed by atoms with E-state index in [1.165, 1.54) is 0 Å². The SMILES string of the molecule is CN(C)C(=N)c1ccc(Nc2ccc(OCC(=O)NCCCCCCN)cc2C(=O)Nc2ccccn2)cc1. The van der Waals surface area contributed by atoms with Gasteiger partial charge in [0.05, 0.1) is 11.3 Å². The standard InChI is InChI=1S/C29H37N7O3/c1-36(2)28(31)21-10-12-22(13-11-21)34-25-15-14-23(39-20-27(37)33-18-7-4-3-6-16-30)19-24(25)29(38)35-26-9-5-8-17-32-26/h5,8-15,17,19,31,34H,3-4,6-7,16,18,20,30H2,1-2H3,(H,33,37)(H,32,35,38). The van der Waals surface area contributed by atoms with Gasteiger partial charge in [0, 0.05) is 38.1 Å².